The summed E-state index contributed by atoms with van der Waals surface area (Å²) in [5.74, 6) is 0.640. The van der Waals surface area contributed by atoms with E-state index in [-0.39, 0.29) is 0 Å². The van der Waals surface area contributed by atoms with Crippen molar-refractivity contribution in [3.63, 3.8) is 0 Å². The third-order valence-corrected chi connectivity index (χ3v) is 4.34. The van der Waals surface area contributed by atoms with Crippen molar-refractivity contribution in [2.24, 2.45) is 0 Å². The first-order valence-electron chi connectivity index (χ1n) is 8.28. The average molecular weight is 367 g/mol. The van der Waals surface area contributed by atoms with E-state index in [2.05, 4.69) is 0 Å². The van der Waals surface area contributed by atoms with Crippen LogP contribution in [-0.4, -0.2) is 12.4 Å². The highest BCUT2D eigenvalue weighted by atomic mass is 35.5. The molecule has 0 heterocycles. The Morgan fingerprint density at radius 2 is 1.54 bits per heavy atom. The van der Waals surface area contributed by atoms with Crippen LogP contribution >= 0.6 is 11.6 Å². The zero-order chi connectivity index (χ0) is 18.4. The first-order chi connectivity index (χ1) is 12.7. The zero-order valence-corrected chi connectivity index (χ0v) is 15.1. The number of benzene rings is 3. The van der Waals surface area contributed by atoms with Gasteiger partial charge in [0.1, 0.15) is 6.61 Å². The minimum absolute atomic E-state index is 0.434. The quantitative estimate of drug-likeness (QED) is 0.541. The molecule has 3 aromatic carbocycles. The minimum atomic E-state index is -0.546. The molecule has 0 radical (unpaired) electrons. The van der Waals surface area contributed by atoms with Crippen molar-refractivity contribution >= 4 is 16.8 Å². The second kappa shape index (κ2) is 8.54. The smallest absolute Gasteiger partial charge is 0.233 e. The summed E-state index contributed by atoms with van der Waals surface area (Å²) < 4.78 is 11.3. The number of methoxy groups -OCH3 is 1. The highest BCUT2D eigenvalue weighted by Gasteiger charge is 2.22. The average Bonchev–Trinajstić information content (AvgIpc) is 2.68. The lowest BCUT2D eigenvalue weighted by Crippen LogP contribution is -2.09. The monoisotopic (exact) mass is 366 g/mol. The molecule has 26 heavy (non-hydrogen) atoms. The Morgan fingerprint density at radius 3 is 2.15 bits per heavy atom. The van der Waals surface area contributed by atoms with E-state index in [4.69, 9.17) is 21.1 Å². The molecular formula is C22H19ClO3. The molecule has 132 valence electrons. The van der Waals surface area contributed by atoms with Crippen molar-refractivity contribution < 1.29 is 14.3 Å². The van der Waals surface area contributed by atoms with Crippen molar-refractivity contribution in [3.05, 3.63) is 95.6 Å². The van der Waals surface area contributed by atoms with Crippen LogP contribution < -0.4 is 9.47 Å². The number of rotatable bonds is 7. The van der Waals surface area contributed by atoms with Gasteiger partial charge in [-0.05, 0) is 40.4 Å². The van der Waals surface area contributed by atoms with Gasteiger partial charge in [0.25, 0.3) is 0 Å². The van der Waals surface area contributed by atoms with E-state index in [9.17, 15) is 4.79 Å². The van der Waals surface area contributed by atoms with Gasteiger partial charge in [0.15, 0.2) is 11.5 Å². The lowest BCUT2D eigenvalue weighted by molar-refractivity contribution is -0.112. The molecule has 0 saturated carbocycles. The third-order valence-electron chi connectivity index (χ3n) is 4.12. The first-order valence-corrected chi connectivity index (χ1v) is 8.66. The third kappa shape index (κ3) is 4.24. The topological polar surface area (TPSA) is 35.5 Å². The summed E-state index contributed by atoms with van der Waals surface area (Å²) >= 11 is 5.88. The van der Waals surface area contributed by atoms with Crippen LogP contribution in [0.3, 0.4) is 0 Å². The van der Waals surface area contributed by atoms with Crippen LogP contribution in [0.4, 0.5) is 0 Å². The Morgan fingerprint density at radius 1 is 0.885 bits per heavy atom. The van der Waals surface area contributed by atoms with Gasteiger partial charge in [0, 0.05) is 0 Å². The Balaban J connectivity index is 1.86. The first kappa shape index (κ1) is 18.0. The molecule has 0 bridgehead atoms. The van der Waals surface area contributed by atoms with Crippen molar-refractivity contribution in [1.82, 2.24) is 0 Å². The molecule has 0 aliphatic carbocycles. The molecule has 0 amide bonds. The number of ether oxygens (including phenoxy) is 2. The summed E-state index contributed by atoms with van der Waals surface area (Å²) in [5, 5.41) is -0.434. The highest BCUT2D eigenvalue weighted by Crippen LogP contribution is 2.35. The van der Waals surface area contributed by atoms with E-state index >= 15 is 0 Å². The number of hydrogen-bond acceptors (Lipinski definition) is 3. The van der Waals surface area contributed by atoms with Gasteiger partial charge in [-0.2, -0.15) is 0 Å². The summed E-state index contributed by atoms with van der Waals surface area (Å²) in [7, 11) is 1.58. The zero-order valence-electron chi connectivity index (χ0n) is 14.4. The van der Waals surface area contributed by atoms with Gasteiger partial charge in [-0.25, -0.2) is 0 Å². The standard InChI is InChI=1S/C22H19ClO3/c1-25-20-14-18(21(22(23)24)17-10-6-3-7-11-17)12-13-19(20)26-15-16-8-4-2-5-9-16/h2-14,21H,15H2,1H3. The van der Waals surface area contributed by atoms with Crippen molar-refractivity contribution in [2.45, 2.75) is 12.5 Å². The minimum Gasteiger partial charge on any atom is -0.493 e. The maximum absolute atomic E-state index is 12.0. The molecule has 4 heteroatoms. The van der Waals surface area contributed by atoms with E-state index in [1.807, 2.05) is 72.8 Å². The predicted molar refractivity (Wildman–Crippen MR) is 103 cm³/mol. The van der Waals surface area contributed by atoms with Gasteiger partial charge < -0.3 is 9.47 Å². The lowest BCUT2D eigenvalue weighted by Gasteiger charge is -2.17. The summed E-state index contributed by atoms with van der Waals surface area (Å²) in [5.41, 5.74) is 2.67. The fraction of sp³-hybridized carbons (Fsp3) is 0.136. The molecule has 3 nitrogen and oxygen atoms in total. The molecule has 0 spiro atoms. The van der Waals surface area contributed by atoms with E-state index < -0.39 is 11.2 Å². The Labute approximate surface area is 158 Å². The second-order valence-electron chi connectivity index (χ2n) is 5.83. The van der Waals surface area contributed by atoms with E-state index in [0.717, 1.165) is 16.7 Å². The predicted octanol–water partition coefficient (Wildman–Crippen LogP) is 5.17. The molecule has 1 unspecified atom stereocenters. The Hall–Kier alpha value is -2.78. The molecular weight excluding hydrogens is 348 g/mol. The molecule has 0 aromatic heterocycles. The normalized spacial score (nSPS) is 11.6. The molecule has 0 N–H and O–H groups in total. The lowest BCUT2D eigenvalue weighted by atomic mass is 9.92. The van der Waals surface area contributed by atoms with Crippen LogP contribution in [0.15, 0.2) is 78.9 Å². The molecule has 0 saturated heterocycles. The van der Waals surface area contributed by atoms with Crippen LogP contribution in [0.5, 0.6) is 11.5 Å². The van der Waals surface area contributed by atoms with Crippen LogP contribution in [0.1, 0.15) is 22.6 Å². The Kier molecular flexibility index (Phi) is 5.92. The molecule has 3 aromatic rings. The molecule has 0 fully saturated rings. The van der Waals surface area contributed by atoms with E-state index in [1.54, 1.807) is 13.2 Å². The largest absolute Gasteiger partial charge is 0.493 e. The van der Waals surface area contributed by atoms with Gasteiger partial charge in [-0.1, -0.05) is 66.7 Å². The van der Waals surface area contributed by atoms with E-state index in [1.165, 1.54) is 0 Å². The highest BCUT2D eigenvalue weighted by molar-refractivity contribution is 6.65. The maximum Gasteiger partial charge on any atom is 0.233 e. The van der Waals surface area contributed by atoms with Crippen LogP contribution in [-0.2, 0) is 11.4 Å². The van der Waals surface area contributed by atoms with E-state index in [0.29, 0.717) is 18.1 Å². The van der Waals surface area contributed by atoms with Crippen molar-refractivity contribution in [1.29, 1.82) is 0 Å². The number of carbonyl (C=O) groups is 1. The summed E-state index contributed by atoms with van der Waals surface area (Å²) in [6.45, 7) is 0.438. The summed E-state index contributed by atoms with van der Waals surface area (Å²) in [6, 6.07) is 24.8. The maximum atomic E-state index is 12.0. The van der Waals surface area contributed by atoms with Gasteiger partial charge in [0.05, 0.1) is 13.0 Å². The van der Waals surface area contributed by atoms with Gasteiger partial charge >= 0.3 is 0 Å². The van der Waals surface area contributed by atoms with Crippen LogP contribution in [0.25, 0.3) is 0 Å². The van der Waals surface area contributed by atoms with Crippen molar-refractivity contribution in [2.75, 3.05) is 7.11 Å². The second-order valence-corrected chi connectivity index (χ2v) is 6.20. The fourth-order valence-electron chi connectivity index (χ4n) is 2.82. The molecule has 0 aliphatic rings. The number of hydrogen-bond donors (Lipinski definition) is 0. The van der Waals surface area contributed by atoms with Gasteiger partial charge in [0.2, 0.25) is 5.24 Å². The Bertz CT molecular complexity index is 863. The SMILES string of the molecule is COc1cc(C(C(=O)Cl)c2ccccc2)ccc1OCc1ccccc1. The fourth-order valence-corrected chi connectivity index (χ4v) is 3.07. The van der Waals surface area contributed by atoms with Gasteiger partial charge in [-0.3, -0.25) is 4.79 Å². The molecule has 3 rings (SSSR count). The van der Waals surface area contributed by atoms with Crippen LogP contribution in [0.2, 0.25) is 0 Å². The number of halogens is 1. The number of carbonyl (C=O) groups excluding carboxylic acids is 1. The van der Waals surface area contributed by atoms with Crippen LogP contribution in [0, 0.1) is 0 Å². The molecule has 0 aliphatic heterocycles. The summed E-state index contributed by atoms with van der Waals surface area (Å²) in [6.07, 6.45) is 0. The molecule has 1 atom stereocenters. The summed E-state index contributed by atoms with van der Waals surface area (Å²) in [4.78, 5) is 12.0. The van der Waals surface area contributed by atoms with Gasteiger partial charge in [-0.15, -0.1) is 0 Å². The van der Waals surface area contributed by atoms with Crippen molar-refractivity contribution in [3.8, 4) is 11.5 Å².